The fraction of sp³-hybridized carbons (Fsp3) is 0.250. The average molecular weight is 348 g/mol. The number of hydrogen-bond donors (Lipinski definition) is 2. The Balaban J connectivity index is 1.72. The predicted octanol–water partition coefficient (Wildman–Crippen LogP) is 3.27. The molecule has 0 spiro atoms. The van der Waals surface area contributed by atoms with Gasteiger partial charge in [0.15, 0.2) is 0 Å². The summed E-state index contributed by atoms with van der Waals surface area (Å²) in [5, 5.41) is 6.10. The number of anilines is 1. The summed E-state index contributed by atoms with van der Waals surface area (Å²) in [6.45, 7) is 3.30. The van der Waals surface area contributed by atoms with Crippen LogP contribution in [0.2, 0.25) is 0 Å². The van der Waals surface area contributed by atoms with Crippen LogP contribution in [-0.4, -0.2) is 17.4 Å². The van der Waals surface area contributed by atoms with Crippen molar-refractivity contribution >= 4 is 27.5 Å². The first-order chi connectivity index (χ1) is 10.1. The maximum Gasteiger partial charge on any atom is 0.225 e. The summed E-state index contributed by atoms with van der Waals surface area (Å²) in [5.41, 5.74) is 2.92. The zero-order valence-corrected chi connectivity index (χ0v) is 13.5. The third-order valence-electron chi connectivity index (χ3n) is 2.96. The van der Waals surface area contributed by atoms with E-state index >= 15 is 0 Å². The first kappa shape index (κ1) is 15.7. The molecule has 0 radical (unpaired) electrons. The molecular weight excluding hydrogens is 330 g/mol. The summed E-state index contributed by atoms with van der Waals surface area (Å²) in [5.74, 6) is -0.00641. The minimum atomic E-state index is -0.00641. The van der Waals surface area contributed by atoms with Crippen LogP contribution >= 0.6 is 15.9 Å². The smallest absolute Gasteiger partial charge is 0.225 e. The Kier molecular flexibility index (Phi) is 5.90. The second kappa shape index (κ2) is 7.90. The molecule has 0 aliphatic carbocycles. The van der Waals surface area contributed by atoms with Gasteiger partial charge in [-0.2, -0.15) is 0 Å². The summed E-state index contributed by atoms with van der Waals surface area (Å²) in [7, 11) is 0. The molecule has 1 aromatic carbocycles. The van der Waals surface area contributed by atoms with E-state index in [0.717, 1.165) is 21.4 Å². The zero-order chi connectivity index (χ0) is 15.1. The van der Waals surface area contributed by atoms with Crippen LogP contribution in [0.15, 0.2) is 47.1 Å². The fourth-order valence-electron chi connectivity index (χ4n) is 1.86. The second-order valence-electron chi connectivity index (χ2n) is 4.78. The van der Waals surface area contributed by atoms with Gasteiger partial charge in [0.25, 0.3) is 0 Å². The normalized spacial score (nSPS) is 10.4. The van der Waals surface area contributed by atoms with Gasteiger partial charge in [0.2, 0.25) is 5.91 Å². The van der Waals surface area contributed by atoms with Gasteiger partial charge in [0, 0.05) is 30.2 Å². The fourth-order valence-corrected chi connectivity index (χ4v) is 2.45. The van der Waals surface area contributed by atoms with E-state index in [0.29, 0.717) is 19.5 Å². The molecule has 4 nitrogen and oxygen atoms in total. The van der Waals surface area contributed by atoms with E-state index in [1.165, 1.54) is 0 Å². The molecule has 0 saturated carbocycles. The van der Waals surface area contributed by atoms with E-state index in [-0.39, 0.29) is 5.91 Å². The standard InChI is InChI=1S/C16H18BrN3O/c1-12-5-6-15(14(17)10-12)20-16(21)7-9-18-11-13-4-2-3-8-19-13/h2-6,8,10,18H,7,9,11H2,1H3,(H,20,21). The molecule has 0 aliphatic heterocycles. The Morgan fingerprint density at radius 3 is 2.86 bits per heavy atom. The van der Waals surface area contributed by atoms with Gasteiger partial charge < -0.3 is 10.6 Å². The van der Waals surface area contributed by atoms with Crippen molar-refractivity contribution in [3.63, 3.8) is 0 Å². The summed E-state index contributed by atoms with van der Waals surface area (Å²) in [6.07, 6.45) is 2.19. The number of aryl methyl sites for hydroxylation is 1. The quantitative estimate of drug-likeness (QED) is 0.788. The minimum Gasteiger partial charge on any atom is -0.325 e. The van der Waals surface area contributed by atoms with Gasteiger partial charge in [0.05, 0.1) is 11.4 Å². The summed E-state index contributed by atoms with van der Waals surface area (Å²) >= 11 is 3.45. The van der Waals surface area contributed by atoms with E-state index in [9.17, 15) is 4.79 Å². The van der Waals surface area contributed by atoms with Gasteiger partial charge >= 0.3 is 0 Å². The lowest BCUT2D eigenvalue weighted by atomic mass is 10.2. The van der Waals surface area contributed by atoms with Gasteiger partial charge in [0.1, 0.15) is 0 Å². The highest BCUT2D eigenvalue weighted by molar-refractivity contribution is 9.10. The van der Waals surface area contributed by atoms with Crippen LogP contribution in [0.3, 0.4) is 0 Å². The number of halogens is 1. The van der Waals surface area contributed by atoms with Gasteiger partial charge in [-0.15, -0.1) is 0 Å². The zero-order valence-electron chi connectivity index (χ0n) is 11.9. The number of nitrogens with one attached hydrogen (secondary N) is 2. The minimum absolute atomic E-state index is 0.00641. The molecule has 110 valence electrons. The predicted molar refractivity (Wildman–Crippen MR) is 88.1 cm³/mol. The number of amides is 1. The van der Waals surface area contributed by atoms with E-state index in [4.69, 9.17) is 0 Å². The molecule has 0 unspecified atom stereocenters. The van der Waals surface area contributed by atoms with Gasteiger partial charge in [-0.05, 0) is 52.7 Å². The van der Waals surface area contributed by atoms with Crippen LogP contribution in [0, 0.1) is 6.92 Å². The molecule has 2 N–H and O–H groups in total. The Labute approximate surface area is 133 Å². The first-order valence-corrected chi connectivity index (χ1v) is 7.61. The number of hydrogen-bond acceptors (Lipinski definition) is 3. The van der Waals surface area contributed by atoms with Crippen molar-refractivity contribution in [2.75, 3.05) is 11.9 Å². The lowest BCUT2D eigenvalue weighted by Gasteiger charge is -2.08. The third kappa shape index (κ3) is 5.28. The lowest BCUT2D eigenvalue weighted by Crippen LogP contribution is -2.22. The average Bonchev–Trinajstić information content (AvgIpc) is 2.48. The van der Waals surface area contributed by atoms with E-state index in [1.54, 1.807) is 6.20 Å². The molecule has 1 amide bonds. The molecule has 0 fully saturated rings. The number of benzene rings is 1. The Bertz CT molecular complexity index is 602. The lowest BCUT2D eigenvalue weighted by molar-refractivity contribution is -0.116. The molecule has 5 heteroatoms. The van der Waals surface area contributed by atoms with Crippen molar-refractivity contribution in [1.29, 1.82) is 0 Å². The van der Waals surface area contributed by atoms with Crippen LogP contribution < -0.4 is 10.6 Å². The molecule has 1 aromatic heterocycles. The molecule has 21 heavy (non-hydrogen) atoms. The number of aromatic nitrogens is 1. The van der Waals surface area contributed by atoms with Crippen LogP contribution in [0.1, 0.15) is 17.7 Å². The number of rotatable bonds is 6. The molecule has 0 saturated heterocycles. The Morgan fingerprint density at radius 2 is 2.14 bits per heavy atom. The summed E-state index contributed by atoms with van der Waals surface area (Å²) < 4.78 is 0.900. The number of nitrogens with zero attached hydrogens (tertiary/aromatic N) is 1. The third-order valence-corrected chi connectivity index (χ3v) is 3.62. The molecular formula is C16H18BrN3O. The number of carbonyl (C=O) groups excluding carboxylic acids is 1. The first-order valence-electron chi connectivity index (χ1n) is 6.82. The van der Waals surface area contributed by atoms with E-state index < -0.39 is 0 Å². The maximum absolute atomic E-state index is 11.9. The Morgan fingerprint density at radius 1 is 1.29 bits per heavy atom. The van der Waals surface area contributed by atoms with Crippen molar-refractivity contribution in [3.8, 4) is 0 Å². The molecule has 2 rings (SSSR count). The highest BCUT2D eigenvalue weighted by Crippen LogP contribution is 2.23. The van der Waals surface area contributed by atoms with Gasteiger partial charge in [-0.1, -0.05) is 12.1 Å². The maximum atomic E-state index is 11.9. The summed E-state index contributed by atoms with van der Waals surface area (Å²) in [6, 6.07) is 11.6. The topological polar surface area (TPSA) is 54.0 Å². The Hall–Kier alpha value is -1.72. The van der Waals surface area contributed by atoms with Crippen LogP contribution in [0.4, 0.5) is 5.69 Å². The van der Waals surface area contributed by atoms with Crippen molar-refractivity contribution in [2.45, 2.75) is 19.9 Å². The molecule has 0 bridgehead atoms. The van der Waals surface area contributed by atoms with Crippen LogP contribution in [0.25, 0.3) is 0 Å². The van der Waals surface area contributed by atoms with Gasteiger partial charge in [-0.25, -0.2) is 0 Å². The molecule has 2 aromatic rings. The largest absolute Gasteiger partial charge is 0.325 e. The monoisotopic (exact) mass is 347 g/mol. The molecule has 0 atom stereocenters. The van der Waals surface area contributed by atoms with Gasteiger partial charge in [-0.3, -0.25) is 9.78 Å². The van der Waals surface area contributed by atoms with E-state index in [1.807, 2.05) is 43.3 Å². The highest BCUT2D eigenvalue weighted by atomic mass is 79.9. The molecule has 0 aliphatic rings. The number of carbonyl (C=O) groups is 1. The SMILES string of the molecule is Cc1ccc(NC(=O)CCNCc2ccccn2)c(Br)c1. The van der Waals surface area contributed by atoms with Crippen LogP contribution in [-0.2, 0) is 11.3 Å². The molecule has 1 heterocycles. The highest BCUT2D eigenvalue weighted by Gasteiger charge is 2.05. The second-order valence-corrected chi connectivity index (χ2v) is 5.63. The van der Waals surface area contributed by atoms with Crippen LogP contribution in [0.5, 0.6) is 0 Å². The van der Waals surface area contributed by atoms with E-state index in [2.05, 4.69) is 31.5 Å². The van der Waals surface area contributed by atoms with Crippen molar-refractivity contribution < 1.29 is 4.79 Å². The number of pyridine rings is 1. The summed E-state index contributed by atoms with van der Waals surface area (Å²) in [4.78, 5) is 16.1. The van der Waals surface area contributed by atoms with Crippen molar-refractivity contribution in [3.05, 3.63) is 58.3 Å². The van der Waals surface area contributed by atoms with Crippen molar-refractivity contribution in [1.82, 2.24) is 10.3 Å². The van der Waals surface area contributed by atoms with Crippen molar-refractivity contribution in [2.24, 2.45) is 0 Å².